The Morgan fingerprint density at radius 1 is 1.44 bits per heavy atom. The zero-order valence-corrected chi connectivity index (χ0v) is 11.9. The normalized spacial score (nSPS) is 10.7. The Bertz CT molecular complexity index is 542. The van der Waals surface area contributed by atoms with E-state index in [-0.39, 0.29) is 6.61 Å². The van der Waals surface area contributed by atoms with Gasteiger partial charge in [0, 0.05) is 28.7 Å². The van der Waals surface area contributed by atoms with Crippen molar-refractivity contribution in [3.63, 3.8) is 0 Å². The number of halogens is 1. The first-order valence-electron chi connectivity index (χ1n) is 5.61. The largest absolute Gasteiger partial charge is 0.392 e. The highest BCUT2D eigenvalue weighted by Crippen LogP contribution is 2.25. The average molecular weight is 283 g/mol. The standard InChI is InChI=1S/C13H15ClN2OS/c1-9-15-12(8-18-9)6-16(2)13-5-11(14)4-3-10(13)7-17/h3-5,8,17H,6-7H2,1-2H3. The van der Waals surface area contributed by atoms with Crippen LogP contribution in [0.4, 0.5) is 5.69 Å². The van der Waals surface area contributed by atoms with E-state index >= 15 is 0 Å². The van der Waals surface area contributed by atoms with E-state index < -0.39 is 0 Å². The van der Waals surface area contributed by atoms with Gasteiger partial charge in [-0.3, -0.25) is 0 Å². The van der Waals surface area contributed by atoms with E-state index in [9.17, 15) is 5.11 Å². The van der Waals surface area contributed by atoms with Gasteiger partial charge in [-0.2, -0.15) is 0 Å². The van der Waals surface area contributed by atoms with Crippen molar-refractivity contribution in [1.82, 2.24) is 4.98 Å². The third kappa shape index (κ3) is 3.02. The number of hydrogen-bond acceptors (Lipinski definition) is 4. The van der Waals surface area contributed by atoms with Crippen LogP contribution in [-0.4, -0.2) is 17.1 Å². The molecule has 1 N–H and O–H groups in total. The molecule has 0 radical (unpaired) electrons. The van der Waals surface area contributed by atoms with Gasteiger partial charge in [-0.1, -0.05) is 17.7 Å². The Balaban J connectivity index is 2.22. The van der Waals surface area contributed by atoms with E-state index in [2.05, 4.69) is 10.4 Å². The number of rotatable bonds is 4. The summed E-state index contributed by atoms with van der Waals surface area (Å²) in [5, 5.41) is 13.1. The van der Waals surface area contributed by atoms with Crippen molar-refractivity contribution in [2.75, 3.05) is 11.9 Å². The second-order valence-corrected chi connectivity index (χ2v) is 5.64. The number of aliphatic hydroxyl groups excluding tert-OH is 1. The first-order chi connectivity index (χ1) is 8.60. The lowest BCUT2D eigenvalue weighted by Gasteiger charge is -2.21. The molecule has 0 unspecified atom stereocenters. The van der Waals surface area contributed by atoms with E-state index in [1.165, 1.54) is 0 Å². The highest BCUT2D eigenvalue weighted by molar-refractivity contribution is 7.09. The summed E-state index contributed by atoms with van der Waals surface area (Å²) in [6.45, 7) is 2.71. The number of aryl methyl sites for hydroxylation is 1. The zero-order valence-electron chi connectivity index (χ0n) is 10.4. The number of nitrogens with zero attached hydrogens (tertiary/aromatic N) is 2. The lowest BCUT2D eigenvalue weighted by Crippen LogP contribution is -2.18. The molecule has 0 aliphatic carbocycles. The second-order valence-electron chi connectivity index (χ2n) is 4.15. The molecule has 18 heavy (non-hydrogen) atoms. The minimum absolute atomic E-state index is 0.00688. The monoisotopic (exact) mass is 282 g/mol. The number of thiazole rings is 1. The summed E-state index contributed by atoms with van der Waals surface area (Å²) in [4.78, 5) is 6.48. The molecule has 0 spiro atoms. The first-order valence-corrected chi connectivity index (χ1v) is 6.87. The second kappa shape index (κ2) is 5.69. The van der Waals surface area contributed by atoms with Crippen molar-refractivity contribution in [3.05, 3.63) is 44.9 Å². The molecule has 0 amide bonds. The molecule has 3 nitrogen and oxygen atoms in total. The molecule has 1 aromatic heterocycles. The summed E-state index contributed by atoms with van der Waals surface area (Å²) in [5.41, 5.74) is 2.84. The van der Waals surface area contributed by atoms with Gasteiger partial charge in [0.25, 0.3) is 0 Å². The maximum Gasteiger partial charge on any atom is 0.0898 e. The van der Waals surface area contributed by atoms with Crippen LogP contribution in [0.25, 0.3) is 0 Å². The molecular weight excluding hydrogens is 268 g/mol. The van der Waals surface area contributed by atoms with Crippen LogP contribution < -0.4 is 4.90 Å². The number of hydrogen-bond donors (Lipinski definition) is 1. The lowest BCUT2D eigenvalue weighted by molar-refractivity contribution is 0.282. The fourth-order valence-corrected chi connectivity index (χ4v) is 2.61. The molecule has 0 aliphatic rings. The van der Waals surface area contributed by atoms with Crippen LogP contribution in [0.3, 0.4) is 0 Å². The summed E-state index contributed by atoms with van der Waals surface area (Å²) in [7, 11) is 1.97. The Hall–Kier alpha value is -1.10. The SMILES string of the molecule is Cc1nc(CN(C)c2cc(Cl)ccc2CO)cs1. The smallest absolute Gasteiger partial charge is 0.0898 e. The Kier molecular flexibility index (Phi) is 4.22. The molecule has 0 bridgehead atoms. The number of anilines is 1. The van der Waals surface area contributed by atoms with E-state index in [0.29, 0.717) is 11.6 Å². The number of benzene rings is 1. The van der Waals surface area contributed by atoms with Crippen molar-refractivity contribution >= 4 is 28.6 Å². The lowest BCUT2D eigenvalue weighted by atomic mass is 10.1. The highest BCUT2D eigenvalue weighted by atomic mass is 35.5. The van der Waals surface area contributed by atoms with Crippen LogP contribution >= 0.6 is 22.9 Å². The number of aliphatic hydroxyl groups is 1. The molecule has 2 rings (SSSR count). The van der Waals surface area contributed by atoms with Crippen LogP contribution in [0.15, 0.2) is 23.6 Å². The Labute approximate surface area is 116 Å². The predicted molar refractivity (Wildman–Crippen MR) is 76.3 cm³/mol. The van der Waals surface area contributed by atoms with Crippen LogP contribution in [0.5, 0.6) is 0 Å². The van der Waals surface area contributed by atoms with Gasteiger partial charge in [0.2, 0.25) is 0 Å². The molecule has 0 saturated carbocycles. The van der Waals surface area contributed by atoms with Gasteiger partial charge in [-0.05, 0) is 19.1 Å². The van der Waals surface area contributed by atoms with Gasteiger partial charge >= 0.3 is 0 Å². The van der Waals surface area contributed by atoms with E-state index in [1.807, 2.05) is 31.0 Å². The van der Waals surface area contributed by atoms with Crippen molar-refractivity contribution < 1.29 is 5.11 Å². The van der Waals surface area contributed by atoms with Gasteiger partial charge in [0.05, 0.1) is 23.9 Å². The molecule has 1 aromatic carbocycles. The van der Waals surface area contributed by atoms with E-state index in [0.717, 1.165) is 22.0 Å². The van der Waals surface area contributed by atoms with Crippen LogP contribution in [0, 0.1) is 6.92 Å². The maximum absolute atomic E-state index is 9.35. The fourth-order valence-electron chi connectivity index (χ4n) is 1.84. The molecule has 0 aliphatic heterocycles. The molecule has 2 aromatic rings. The van der Waals surface area contributed by atoms with Crippen LogP contribution in [0.2, 0.25) is 5.02 Å². The minimum Gasteiger partial charge on any atom is -0.392 e. The summed E-state index contributed by atoms with van der Waals surface area (Å²) in [6, 6.07) is 5.50. The molecule has 0 saturated heterocycles. The Morgan fingerprint density at radius 2 is 2.22 bits per heavy atom. The number of aromatic nitrogens is 1. The van der Waals surface area contributed by atoms with Gasteiger partial charge in [0.1, 0.15) is 0 Å². The third-order valence-corrected chi connectivity index (χ3v) is 3.75. The predicted octanol–water partition coefficient (Wildman–Crippen LogP) is 3.23. The van der Waals surface area contributed by atoms with Crippen LogP contribution in [0.1, 0.15) is 16.3 Å². The van der Waals surface area contributed by atoms with Gasteiger partial charge in [-0.25, -0.2) is 4.98 Å². The third-order valence-electron chi connectivity index (χ3n) is 2.69. The summed E-state index contributed by atoms with van der Waals surface area (Å²) in [5.74, 6) is 0. The quantitative estimate of drug-likeness (QED) is 0.935. The zero-order chi connectivity index (χ0) is 13.1. The van der Waals surface area contributed by atoms with Crippen molar-refractivity contribution in [2.24, 2.45) is 0 Å². The van der Waals surface area contributed by atoms with Crippen molar-refractivity contribution in [3.8, 4) is 0 Å². The van der Waals surface area contributed by atoms with E-state index in [4.69, 9.17) is 11.6 Å². The Morgan fingerprint density at radius 3 is 2.83 bits per heavy atom. The minimum atomic E-state index is 0.00688. The maximum atomic E-state index is 9.35. The first kappa shape index (κ1) is 13.3. The topological polar surface area (TPSA) is 36.4 Å². The molecule has 1 heterocycles. The molecule has 0 atom stereocenters. The van der Waals surface area contributed by atoms with Crippen LogP contribution in [-0.2, 0) is 13.2 Å². The van der Waals surface area contributed by atoms with Crippen molar-refractivity contribution in [2.45, 2.75) is 20.1 Å². The summed E-state index contributed by atoms with van der Waals surface area (Å²) in [6.07, 6.45) is 0. The van der Waals surface area contributed by atoms with Gasteiger partial charge < -0.3 is 10.0 Å². The molecule has 96 valence electrons. The molecule has 5 heteroatoms. The van der Waals surface area contributed by atoms with Gasteiger partial charge in [-0.15, -0.1) is 11.3 Å². The molecular formula is C13H15ClN2OS. The fraction of sp³-hybridized carbons (Fsp3) is 0.308. The van der Waals surface area contributed by atoms with Gasteiger partial charge in [0.15, 0.2) is 0 Å². The highest BCUT2D eigenvalue weighted by Gasteiger charge is 2.09. The summed E-state index contributed by atoms with van der Waals surface area (Å²) < 4.78 is 0. The summed E-state index contributed by atoms with van der Waals surface area (Å²) >= 11 is 7.64. The molecule has 0 fully saturated rings. The van der Waals surface area contributed by atoms with Crippen molar-refractivity contribution in [1.29, 1.82) is 0 Å². The van der Waals surface area contributed by atoms with E-state index in [1.54, 1.807) is 17.4 Å². The average Bonchev–Trinajstić information content (AvgIpc) is 2.74.